The van der Waals surface area contributed by atoms with Gasteiger partial charge in [0.15, 0.2) is 5.69 Å². The zero-order chi connectivity index (χ0) is 22.1. The number of β-amino-alcohol motifs (C(OH)–C–C–N with tert-alkyl or cyclic N) is 1. The molecular formula is C24H27N3O4. The van der Waals surface area contributed by atoms with Crippen LogP contribution in [0.1, 0.15) is 42.2 Å². The van der Waals surface area contributed by atoms with Crippen molar-refractivity contribution >= 4 is 16.7 Å². The van der Waals surface area contributed by atoms with Gasteiger partial charge in [-0.05, 0) is 29.7 Å². The fourth-order valence-electron chi connectivity index (χ4n) is 3.96. The molecule has 4 rings (SSSR count). The number of aliphatic hydroxyl groups excluding tert-OH is 1. The maximum atomic E-state index is 13.2. The van der Waals surface area contributed by atoms with Crippen LogP contribution >= 0.6 is 0 Å². The first-order valence-corrected chi connectivity index (χ1v) is 10.5. The molecule has 7 nitrogen and oxygen atoms in total. The smallest absolute Gasteiger partial charge is 0.275 e. The van der Waals surface area contributed by atoms with E-state index in [1.54, 1.807) is 29.2 Å². The van der Waals surface area contributed by atoms with Crippen molar-refractivity contribution < 1.29 is 14.6 Å². The van der Waals surface area contributed by atoms with Gasteiger partial charge in [0, 0.05) is 25.4 Å². The number of nitrogens with zero attached hydrogens (tertiary/aromatic N) is 3. The first kappa shape index (κ1) is 21.1. The Morgan fingerprint density at radius 2 is 1.90 bits per heavy atom. The van der Waals surface area contributed by atoms with Crippen LogP contribution in [0.25, 0.3) is 10.8 Å². The second-order valence-electron chi connectivity index (χ2n) is 8.31. The number of fused-ring (bicyclic) bond motifs is 1. The molecule has 0 radical (unpaired) electrons. The van der Waals surface area contributed by atoms with Crippen LogP contribution in [-0.4, -0.2) is 51.0 Å². The van der Waals surface area contributed by atoms with E-state index in [0.717, 1.165) is 5.75 Å². The first-order valence-electron chi connectivity index (χ1n) is 10.5. The highest BCUT2D eigenvalue weighted by atomic mass is 16.5. The van der Waals surface area contributed by atoms with E-state index in [1.165, 1.54) is 17.3 Å². The zero-order valence-corrected chi connectivity index (χ0v) is 18.0. The molecule has 7 heteroatoms. The molecule has 0 spiro atoms. The number of piperidine rings is 1. The fourth-order valence-corrected chi connectivity index (χ4v) is 3.96. The number of rotatable bonds is 4. The van der Waals surface area contributed by atoms with Gasteiger partial charge in [0.05, 0.1) is 11.9 Å². The average molecular weight is 421 g/mol. The lowest BCUT2D eigenvalue weighted by atomic mass is 10.0. The van der Waals surface area contributed by atoms with E-state index in [-0.39, 0.29) is 23.7 Å². The lowest BCUT2D eigenvalue weighted by molar-refractivity contribution is -0.0200. The number of hydrogen-bond donors (Lipinski definition) is 1. The summed E-state index contributed by atoms with van der Waals surface area (Å²) in [5, 5.41) is 15.9. The maximum absolute atomic E-state index is 13.2. The molecular weight excluding hydrogens is 394 g/mol. The number of aliphatic hydroxyl groups is 1. The van der Waals surface area contributed by atoms with Gasteiger partial charge in [-0.2, -0.15) is 5.10 Å². The number of carbonyl (C=O) groups excluding carboxylic acids is 1. The fraction of sp³-hybridized carbons (Fsp3) is 0.375. The predicted molar refractivity (Wildman–Crippen MR) is 118 cm³/mol. The number of aromatic nitrogens is 2. The van der Waals surface area contributed by atoms with Crippen LogP contribution in [-0.2, 0) is 7.05 Å². The molecule has 2 atom stereocenters. The summed E-state index contributed by atoms with van der Waals surface area (Å²) in [6, 6.07) is 14.8. The molecule has 1 aliphatic rings. The number of benzene rings is 2. The predicted octanol–water partition coefficient (Wildman–Crippen LogP) is 2.71. The minimum Gasteiger partial charge on any atom is -0.488 e. The van der Waals surface area contributed by atoms with Crippen LogP contribution in [0, 0.1) is 0 Å². The molecule has 0 unspecified atom stereocenters. The number of amides is 1. The molecule has 1 fully saturated rings. The monoisotopic (exact) mass is 421 g/mol. The Kier molecular flexibility index (Phi) is 5.78. The van der Waals surface area contributed by atoms with E-state index in [9.17, 15) is 14.7 Å². The Labute approximate surface area is 180 Å². The Bertz CT molecular complexity index is 1170. The summed E-state index contributed by atoms with van der Waals surface area (Å²) in [5.41, 5.74) is 1.14. The minimum atomic E-state index is -0.820. The highest BCUT2D eigenvalue weighted by Gasteiger charge is 2.33. The quantitative estimate of drug-likeness (QED) is 0.700. The minimum absolute atomic E-state index is 0.145. The van der Waals surface area contributed by atoms with Gasteiger partial charge >= 0.3 is 0 Å². The number of aryl methyl sites for hydroxylation is 1. The average Bonchev–Trinajstić information content (AvgIpc) is 2.77. The van der Waals surface area contributed by atoms with Gasteiger partial charge in [0.1, 0.15) is 18.0 Å². The molecule has 1 aromatic heterocycles. The van der Waals surface area contributed by atoms with Crippen LogP contribution in [0.3, 0.4) is 0 Å². The highest BCUT2D eigenvalue weighted by molar-refractivity contribution is 6.04. The second kappa shape index (κ2) is 8.51. The van der Waals surface area contributed by atoms with Gasteiger partial charge in [-0.15, -0.1) is 0 Å². The van der Waals surface area contributed by atoms with Gasteiger partial charge in [-0.25, -0.2) is 4.68 Å². The van der Waals surface area contributed by atoms with Crippen LogP contribution < -0.4 is 10.3 Å². The van der Waals surface area contributed by atoms with Crippen molar-refractivity contribution in [2.24, 2.45) is 7.05 Å². The third kappa shape index (κ3) is 4.18. The SMILES string of the molecule is CC(C)c1cccc(O[C@@H]2CCN(C(=O)c3nn(C)c(=O)c4ccccc34)C[C@H]2O)c1. The van der Waals surface area contributed by atoms with Crippen molar-refractivity contribution in [1.29, 1.82) is 0 Å². The largest absolute Gasteiger partial charge is 0.488 e. The summed E-state index contributed by atoms with van der Waals surface area (Å²) < 4.78 is 7.23. The first-order chi connectivity index (χ1) is 14.8. The molecule has 162 valence electrons. The summed E-state index contributed by atoms with van der Waals surface area (Å²) in [5.74, 6) is 0.809. The van der Waals surface area contributed by atoms with Gasteiger partial charge in [0.2, 0.25) is 0 Å². The molecule has 2 aromatic carbocycles. The highest BCUT2D eigenvalue weighted by Crippen LogP contribution is 2.25. The van der Waals surface area contributed by atoms with Crippen LogP contribution in [0.15, 0.2) is 53.3 Å². The molecule has 2 heterocycles. The Balaban J connectivity index is 1.51. The second-order valence-corrected chi connectivity index (χ2v) is 8.31. The summed E-state index contributed by atoms with van der Waals surface area (Å²) in [6.45, 7) is 4.82. The van der Waals surface area contributed by atoms with Crippen molar-refractivity contribution in [1.82, 2.24) is 14.7 Å². The Hall–Kier alpha value is -3.19. The number of carbonyl (C=O) groups is 1. The van der Waals surface area contributed by atoms with Crippen molar-refractivity contribution in [2.75, 3.05) is 13.1 Å². The Morgan fingerprint density at radius 3 is 2.61 bits per heavy atom. The lowest BCUT2D eigenvalue weighted by Gasteiger charge is -2.36. The molecule has 0 aliphatic carbocycles. The van der Waals surface area contributed by atoms with E-state index in [2.05, 4.69) is 25.0 Å². The van der Waals surface area contributed by atoms with Gasteiger partial charge in [-0.1, -0.05) is 44.2 Å². The third-order valence-electron chi connectivity index (χ3n) is 5.78. The topological polar surface area (TPSA) is 84.7 Å². The van der Waals surface area contributed by atoms with Crippen LogP contribution in [0.4, 0.5) is 0 Å². The summed E-state index contributed by atoms with van der Waals surface area (Å²) in [4.78, 5) is 27.1. The Morgan fingerprint density at radius 1 is 1.16 bits per heavy atom. The van der Waals surface area contributed by atoms with Crippen LogP contribution in [0.2, 0.25) is 0 Å². The zero-order valence-electron chi connectivity index (χ0n) is 18.0. The molecule has 0 saturated carbocycles. The molecule has 31 heavy (non-hydrogen) atoms. The number of likely N-dealkylation sites (tertiary alicyclic amines) is 1. The van der Waals surface area contributed by atoms with Crippen molar-refractivity contribution in [3.05, 3.63) is 70.1 Å². The molecule has 1 amide bonds. The van der Waals surface area contributed by atoms with Crippen molar-refractivity contribution in [3.8, 4) is 5.75 Å². The normalized spacial score (nSPS) is 19.1. The van der Waals surface area contributed by atoms with E-state index >= 15 is 0 Å². The van der Waals surface area contributed by atoms with E-state index in [1.807, 2.05) is 18.2 Å². The van der Waals surface area contributed by atoms with E-state index in [0.29, 0.717) is 29.7 Å². The summed E-state index contributed by atoms with van der Waals surface area (Å²) >= 11 is 0. The molecule has 1 N–H and O–H groups in total. The summed E-state index contributed by atoms with van der Waals surface area (Å²) in [7, 11) is 1.53. The molecule has 0 bridgehead atoms. The lowest BCUT2D eigenvalue weighted by Crippen LogP contribution is -2.51. The summed E-state index contributed by atoms with van der Waals surface area (Å²) in [6.07, 6.45) is -0.710. The van der Waals surface area contributed by atoms with Crippen LogP contribution in [0.5, 0.6) is 5.75 Å². The number of hydrogen-bond acceptors (Lipinski definition) is 5. The standard InChI is InChI=1S/C24H27N3O4/c1-15(2)16-7-6-8-17(13-16)31-21-11-12-27(14-20(21)28)24(30)22-18-9-4-5-10-19(18)23(29)26(3)25-22/h4-10,13,15,20-21,28H,11-12,14H2,1-3H3/t20-,21-/m1/s1. The molecule has 1 aliphatic heterocycles. The number of ether oxygens (including phenoxy) is 1. The molecule has 3 aromatic rings. The van der Waals surface area contributed by atoms with Gasteiger partial charge in [0.25, 0.3) is 11.5 Å². The third-order valence-corrected chi connectivity index (χ3v) is 5.78. The van der Waals surface area contributed by atoms with Gasteiger partial charge in [-0.3, -0.25) is 9.59 Å². The molecule has 1 saturated heterocycles. The van der Waals surface area contributed by atoms with E-state index < -0.39 is 12.2 Å². The maximum Gasteiger partial charge on any atom is 0.275 e. The van der Waals surface area contributed by atoms with E-state index in [4.69, 9.17) is 4.74 Å². The van der Waals surface area contributed by atoms with Crippen molar-refractivity contribution in [2.45, 2.75) is 38.4 Å². The van der Waals surface area contributed by atoms with Gasteiger partial charge < -0.3 is 14.7 Å². The van der Waals surface area contributed by atoms with Crippen molar-refractivity contribution in [3.63, 3.8) is 0 Å².